The number of hydrogen-bond donors (Lipinski definition) is 0. The first-order valence-electron chi connectivity index (χ1n) is 4.96. The van der Waals surface area contributed by atoms with E-state index in [0.29, 0.717) is 5.88 Å². The largest absolute Gasteiger partial charge is 0.366 e. The SMILES string of the molecule is CC(OC(C)(CCl)CBr)c1ccccc1. The number of alkyl halides is 2. The van der Waals surface area contributed by atoms with Crippen LogP contribution in [0, 0.1) is 0 Å². The lowest BCUT2D eigenvalue weighted by molar-refractivity contribution is -0.0465. The third kappa shape index (κ3) is 3.78. The van der Waals surface area contributed by atoms with Crippen LogP contribution in [0.3, 0.4) is 0 Å². The highest BCUT2D eigenvalue weighted by Crippen LogP contribution is 2.26. The van der Waals surface area contributed by atoms with Crippen molar-refractivity contribution in [1.82, 2.24) is 0 Å². The summed E-state index contributed by atoms with van der Waals surface area (Å²) in [6, 6.07) is 10.2. The van der Waals surface area contributed by atoms with Gasteiger partial charge in [0.1, 0.15) is 0 Å². The minimum Gasteiger partial charge on any atom is -0.366 e. The maximum Gasteiger partial charge on any atom is 0.0893 e. The molecule has 15 heavy (non-hydrogen) atoms. The third-order valence-corrected chi connectivity index (χ3v) is 4.05. The number of rotatable bonds is 5. The molecule has 0 aliphatic rings. The maximum absolute atomic E-state index is 5.94. The molecule has 0 fully saturated rings. The summed E-state index contributed by atoms with van der Waals surface area (Å²) in [7, 11) is 0. The second kappa shape index (κ2) is 5.88. The molecule has 0 saturated carbocycles. The first-order valence-corrected chi connectivity index (χ1v) is 6.61. The first-order chi connectivity index (χ1) is 7.11. The highest BCUT2D eigenvalue weighted by molar-refractivity contribution is 9.09. The van der Waals surface area contributed by atoms with Gasteiger partial charge in [-0.1, -0.05) is 46.3 Å². The monoisotopic (exact) mass is 290 g/mol. The van der Waals surface area contributed by atoms with Crippen molar-refractivity contribution in [1.29, 1.82) is 0 Å². The van der Waals surface area contributed by atoms with Crippen LogP contribution in [0.15, 0.2) is 30.3 Å². The summed E-state index contributed by atoms with van der Waals surface area (Å²) in [5.41, 5.74) is 0.867. The van der Waals surface area contributed by atoms with Crippen molar-refractivity contribution in [2.45, 2.75) is 25.6 Å². The van der Waals surface area contributed by atoms with E-state index in [1.807, 2.05) is 32.0 Å². The quantitative estimate of drug-likeness (QED) is 0.740. The van der Waals surface area contributed by atoms with E-state index in [2.05, 4.69) is 28.1 Å². The van der Waals surface area contributed by atoms with Crippen LogP contribution in [-0.2, 0) is 4.74 Å². The summed E-state index contributed by atoms with van der Waals surface area (Å²) in [6.07, 6.45) is 0.0625. The average molecular weight is 292 g/mol. The molecule has 1 nitrogen and oxygen atoms in total. The van der Waals surface area contributed by atoms with Gasteiger partial charge in [0.05, 0.1) is 17.6 Å². The van der Waals surface area contributed by atoms with Gasteiger partial charge in [0.25, 0.3) is 0 Å². The van der Waals surface area contributed by atoms with Crippen LogP contribution >= 0.6 is 27.5 Å². The lowest BCUT2D eigenvalue weighted by Crippen LogP contribution is -2.33. The molecule has 0 aliphatic heterocycles. The van der Waals surface area contributed by atoms with Crippen LogP contribution in [0.2, 0.25) is 0 Å². The van der Waals surface area contributed by atoms with Gasteiger partial charge in [0, 0.05) is 5.33 Å². The van der Waals surface area contributed by atoms with Crippen LogP contribution in [0.4, 0.5) is 0 Å². The Morgan fingerprint density at radius 1 is 1.40 bits per heavy atom. The number of ether oxygens (including phenoxy) is 1. The molecule has 0 amide bonds. The summed E-state index contributed by atoms with van der Waals surface area (Å²) < 4.78 is 5.94. The zero-order valence-electron chi connectivity index (χ0n) is 9.04. The van der Waals surface area contributed by atoms with Crippen molar-refractivity contribution in [3.63, 3.8) is 0 Å². The fourth-order valence-electron chi connectivity index (χ4n) is 1.32. The van der Waals surface area contributed by atoms with Crippen molar-refractivity contribution >= 4 is 27.5 Å². The molecule has 1 aromatic carbocycles. The molecule has 84 valence electrons. The number of hydrogen-bond acceptors (Lipinski definition) is 1. The standard InChI is InChI=1S/C12H16BrClO/c1-10(11-6-4-3-5-7-11)15-12(2,8-13)9-14/h3-7,10H,8-9H2,1-2H3. The Bertz CT molecular complexity index is 285. The maximum atomic E-state index is 5.94. The molecular formula is C12H16BrClO. The zero-order valence-corrected chi connectivity index (χ0v) is 11.4. The highest BCUT2D eigenvalue weighted by atomic mass is 79.9. The Morgan fingerprint density at radius 2 is 2.00 bits per heavy atom. The Hall–Kier alpha value is -0.0500. The molecule has 1 rings (SSSR count). The zero-order chi connectivity index (χ0) is 11.3. The highest BCUT2D eigenvalue weighted by Gasteiger charge is 2.25. The van der Waals surface area contributed by atoms with Gasteiger partial charge in [0.15, 0.2) is 0 Å². The van der Waals surface area contributed by atoms with E-state index < -0.39 is 0 Å². The molecule has 2 atom stereocenters. The summed E-state index contributed by atoms with van der Waals surface area (Å²) in [5.74, 6) is 0.482. The summed E-state index contributed by atoms with van der Waals surface area (Å²) >= 11 is 9.31. The molecular weight excluding hydrogens is 275 g/mol. The molecule has 0 radical (unpaired) electrons. The molecule has 1 aromatic rings. The lowest BCUT2D eigenvalue weighted by Gasteiger charge is -2.29. The van der Waals surface area contributed by atoms with E-state index in [1.54, 1.807) is 0 Å². The van der Waals surface area contributed by atoms with Gasteiger partial charge in [-0.3, -0.25) is 0 Å². The minimum atomic E-state index is -0.309. The molecule has 0 aromatic heterocycles. The molecule has 0 saturated heterocycles. The van der Waals surface area contributed by atoms with Crippen LogP contribution in [0.5, 0.6) is 0 Å². The Kier molecular flexibility index (Phi) is 5.10. The third-order valence-electron chi connectivity index (χ3n) is 2.30. The molecule has 3 heteroatoms. The molecule has 0 bridgehead atoms. The summed E-state index contributed by atoms with van der Waals surface area (Å²) in [5, 5.41) is 0.737. The Balaban J connectivity index is 2.67. The van der Waals surface area contributed by atoms with Gasteiger partial charge in [-0.2, -0.15) is 0 Å². The van der Waals surface area contributed by atoms with Gasteiger partial charge >= 0.3 is 0 Å². The summed E-state index contributed by atoms with van der Waals surface area (Å²) in [4.78, 5) is 0. The normalized spacial score (nSPS) is 17.1. The molecule has 0 spiro atoms. The topological polar surface area (TPSA) is 9.23 Å². The van der Waals surface area contributed by atoms with Crippen molar-refractivity contribution in [3.05, 3.63) is 35.9 Å². The van der Waals surface area contributed by atoms with E-state index in [-0.39, 0.29) is 11.7 Å². The molecule has 0 N–H and O–H groups in total. The predicted octanol–water partition coefficient (Wildman–Crippen LogP) is 4.16. The number of halogens is 2. The smallest absolute Gasteiger partial charge is 0.0893 e. The minimum absolute atomic E-state index is 0.0625. The van der Waals surface area contributed by atoms with E-state index in [9.17, 15) is 0 Å². The number of benzene rings is 1. The van der Waals surface area contributed by atoms with Gasteiger partial charge < -0.3 is 4.74 Å². The molecule has 0 heterocycles. The van der Waals surface area contributed by atoms with E-state index in [1.165, 1.54) is 5.56 Å². The molecule has 0 aliphatic carbocycles. The van der Waals surface area contributed by atoms with Crippen molar-refractivity contribution in [2.24, 2.45) is 0 Å². The fourth-order valence-corrected chi connectivity index (χ4v) is 2.03. The van der Waals surface area contributed by atoms with Crippen molar-refractivity contribution in [2.75, 3.05) is 11.2 Å². The fraction of sp³-hybridized carbons (Fsp3) is 0.500. The Morgan fingerprint density at radius 3 is 2.47 bits per heavy atom. The van der Waals surface area contributed by atoms with Crippen LogP contribution in [-0.4, -0.2) is 16.8 Å². The van der Waals surface area contributed by atoms with Crippen molar-refractivity contribution in [3.8, 4) is 0 Å². The second-order valence-corrected chi connectivity index (χ2v) is 4.72. The lowest BCUT2D eigenvalue weighted by atomic mass is 10.1. The van der Waals surface area contributed by atoms with Gasteiger partial charge in [-0.15, -0.1) is 11.6 Å². The molecule has 2 unspecified atom stereocenters. The van der Waals surface area contributed by atoms with Crippen LogP contribution in [0.25, 0.3) is 0 Å². The first kappa shape index (κ1) is 13.0. The average Bonchev–Trinajstić information content (AvgIpc) is 2.30. The van der Waals surface area contributed by atoms with Gasteiger partial charge in [0.2, 0.25) is 0 Å². The van der Waals surface area contributed by atoms with Crippen LogP contribution in [0.1, 0.15) is 25.5 Å². The van der Waals surface area contributed by atoms with E-state index >= 15 is 0 Å². The van der Waals surface area contributed by atoms with E-state index in [0.717, 1.165) is 5.33 Å². The van der Waals surface area contributed by atoms with Crippen LogP contribution < -0.4 is 0 Å². The Labute approximate surface area is 105 Å². The van der Waals surface area contributed by atoms with E-state index in [4.69, 9.17) is 16.3 Å². The second-order valence-electron chi connectivity index (χ2n) is 3.89. The van der Waals surface area contributed by atoms with Crippen molar-refractivity contribution < 1.29 is 4.74 Å². The van der Waals surface area contributed by atoms with Gasteiger partial charge in [-0.25, -0.2) is 0 Å². The van der Waals surface area contributed by atoms with Gasteiger partial charge in [-0.05, 0) is 19.4 Å². The predicted molar refractivity (Wildman–Crippen MR) is 68.9 cm³/mol. The summed E-state index contributed by atoms with van der Waals surface area (Å²) in [6.45, 7) is 4.05.